The molecule has 0 radical (unpaired) electrons. The fourth-order valence-electron chi connectivity index (χ4n) is 3.38. The van der Waals surface area contributed by atoms with Crippen molar-refractivity contribution in [3.05, 3.63) is 0 Å². The van der Waals surface area contributed by atoms with Crippen LogP contribution in [0.15, 0.2) is 0 Å². The van der Waals surface area contributed by atoms with Crippen LogP contribution in [0.3, 0.4) is 0 Å². The number of nitrogens with one attached hydrogen (secondary N) is 1. The van der Waals surface area contributed by atoms with Gasteiger partial charge in [-0.05, 0) is 51.7 Å². The minimum atomic E-state index is -0.698. The van der Waals surface area contributed by atoms with Crippen LogP contribution in [0.1, 0.15) is 32.1 Å². The summed E-state index contributed by atoms with van der Waals surface area (Å²) in [6.45, 7) is 5.24. The number of rotatable bonds is 6. The molecule has 19 heavy (non-hydrogen) atoms. The van der Waals surface area contributed by atoms with Gasteiger partial charge in [-0.1, -0.05) is 0 Å². The summed E-state index contributed by atoms with van der Waals surface area (Å²) in [4.78, 5) is 16.2. The van der Waals surface area contributed by atoms with Gasteiger partial charge in [0.25, 0.3) is 0 Å². The summed E-state index contributed by atoms with van der Waals surface area (Å²) in [5, 5.41) is 12.5. The van der Waals surface area contributed by atoms with Gasteiger partial charge in [0.2, 0.25) is 0 Å². The third-order valence-electron chi connectivity index (χ3n) is 4.66. The maximum Gasteiger partial charge on any atom is 0.322 e. The number of aliphatic carboxylic acids is 1. The Morgan fingerprint density at radius 3 is 2.58 bits per heavy atom. The minimum Gasteiger partial charge on any atom is -0.480 e. The van der Waals surface area contributed by atoms with Crippen LogP contribution >= 0.6 is 0 Å². The summed E-state index contributed by atoms with van der Waals surface area (Å²) >= 11 is 0. The van der Waals surface area contributed by atoms with Crippen molar-refractivity contribution in [1.82, 2.24) is 15.1 Å². The van der Waals surface area contributed by atoms with Crippen LogP contribution in [0.2, 0.25) is 0 Å². The largest absolute Gasteiger partial charge is 0.480 e. The van der Waals surface area contributed by atoms with E-state index in [1.807, 2.05) is 0 Å². The highest BCUT2D eigenvalue weighted by Gasteiger charge is 2.33. The van der Waals surface area contributed by atoms with Gasteiger partial charge >= 0.3 is 5.97 Å². The molecule has 3 fully saturated rings. The molecule has 0 spiro atoms. The first-order valence-electron chi connectivity index (χ1n) is 7.67. The lowest BCUT2D eigenvalue weighted by molar-refractivity contribution is -0.140. The smallest absolute Gasteiger partial charge is 0.322 e. The van der Waals surface area contributed by atoms with E-state index in [1.165, 1.54) is 32.4 Å². The second-order valence-corrected chi connectivity index (χ2v) is 6.28. The van der Waals surface area contributed by atoms with Crippen LogP contribution in [-0.4, -0.2) is 71.7 Å². The second kappa shape index (κ2) is 5.77. The highest BCUT2D eigenvalue weighted by Crippen LogP contribution is 2.22. The lowest BCUT2D eigenvalue weighted by atomic mass is 10.2. The molecule has 1 saturated carbocycles. The molecule has 0 bridgehead atoms. The Morgan fingerprint density at radius 1 is 1.21 bits per heavy atom. The molecule has 3 rings (SSSR count). The van der Waals surface area contributed by atoms with Crippen molar-refractivity contribution in [2.75, 3.05) is 32.7 Å². The molecular weight excluding hydrogens is 242 g/mol. The Bertz CT molecular complexity index is 327. The molecule has 2 N–H and O–H groups in total. The standard InChI is InChI=1S/C14H25N3O2/c18-14(19)13(15-11-3-4-11)10-16-8-5-12(9-16)17-6-1-2-7-17/h11-13,15H,1-10H2,(H,18,19). The molecule has 0 aromatic heterocycles. The van der Waals surface area contributed by atoms with E-state index in [1.54, 1.807) is 0 Å². The Labute approximate surface area is 114 Å². The molecule has 5 heteroatoms. The van der Waals surface area contributed by atoms with Crippen molar-refractivity contribution in [1.29, 1.82) is 0 Å². The van der Waals surface area contributed by atoms with Crippen molar-refractivity contribution in [2.24, 2.45) is 0 Å². The zero-order valence-corrected chi connectivity index (χ0v) is 11.6. The van der Waals surface area contributed by atoms with E-state index in [-0.39, 0.29) is 6.04 Å². The maximum atomic E-state index is 11.3. The van der Waals surface area contributed by atoms with Gasteiger partial charge in [-0.3, -0.25) is 14.6 Å². The Balaban J connectivity index is 1.47. The zero-order valence-electron chi connectivity index (χ0n) is 11.6. The van der Waals surface area contributed by atoms with E-state index in [0.717, 1.165) is 25.9 Å². The topological polar surface area (TPSA) is 55.8 Å². The molecule has 0 aromatic carbocycles. The molecular formula is C14H25N3O2. The van der Waals surface area contributed by atoms with Gasteiger partial charge in [-0.25, -0.2) is 0 Å². The summed E-state index contributed by atoms with van der Waals surface area (Å²) in [5.74, 6) is -0.698. The van der Waals surface area contributed by atoms with Crippen molar-refractivity contribution >= 4 is 5.97 Å². The predicted molar refractivity (Wildman–Crippen MR) is 73.2 cm³/mol. The molecule has 2 heterocycles. The SMILES string of the molecule is O=C(O)C(CN1CCC(N2CCCC2)C1)NC1CC1. The molecule has 3 aliphatic rings. The van der Waals surface area contributed by atoms with E-state index in [2.05, 4.69) is 15.1 Å². The van der Waals surface area contributed by atoms with Gasteiger partial charge < -0.3 is 10.4 Å². The highest BCUT2D eigenvalue weighted by molar-refractivity contribution is 5.73. The van der Waals surface area contributed by atoms with Crippen LogP contribution in [0.25, 0.3) is 0 Å². The molecule has 2 unspecified atom stereocenters. The molecule has 108 valence electrons. The maximum absolute atomic E-state index is 11.3. The summed E-state index contributed by atoms with van der Waals surface area (Å²) < 4.78 is 0. The average molecular weight is 267 g/mol. The second-order valence-electron chi connectivity index (χ2n) is 6.28. The average Bonchev–Trinajstić information content (AvgIpc) is 2.89. The van der Waals surface area contributed by atoms with Crippen molar-refractivity contribution < 1.29 is 9.90 Å². The third kappa shape index (κ3) is 3.46. The number of hydrogen-bond donors (Lipinski definition) is 2. The number of carbonyl (C=O) groups is 1. The van der Waals surface area contributed by atoms with Crippen LogP contribution in [0.4, 0.5) is 0 Å². The Hall–Kier alpha value is -0.650. The van der Waals surface area contributed by atoms with E-state index in [9.17, 15) is 9.90 Å². The van der Waals surface area contributed by atoms with Crippen molar-refractivity contribution in [3.63, 3.8) is 0 Å². The Kier molecular flexibility index (Phi) is 4.05. The molecule has 2 saturated heterocycles. The number of hydrogen-bond acceptors (Lipinski definition) is 4. The Morgan fingerprint density at radius 2 is 1.95 bits per heavy atom. The van der Waals surface area contributed by atoms with Crippen molar-refractivity contribution in [3.8, 4) is 0 Å². The lowest BCUT2D eigenvalue weighted by Gasteiger charge is -2.25. The molecule has 0 aromatic rings. The van der Waals surface area contributed by atoms with Crippen LogP contribution < -0.4 is 5.32 Å². The van der Waals surface area contributed by atoms with Gasteiger partial charge in [-0.15, -0.1) is 0 Å². The summed E-state index contributed by atoms with van der Waals surface area (Å²) in [5.41, 5.74) is 0. The van der Waals surface area contributed by atoms with E-state index in [0.29, 0.717) is 18.6 Å². The van der Waals surface area contributed by atoms with Gasteiger partial charge in [0, 0.05) is 25.2 Å². The first-order valence-corrected chi connectivity index (χ1v) is 7.67. The number of nitrogens with zero attached hydrogens (tertiary/aromatic N) is 2. The van der Waals surface area contributed by atoms with Gasteiger partial charge in [-0.2, -0.15) is 0 Å². The van der Waals surface area contributed by atoms with E-state index < -0.39 is 5.97 Å². The fraction of sp³-hybridized carbons (Fsp3) is 0.929. The normalized spacial score (nSPS) is 30.8. The van der Waals surface area contributed by atoms with Gasteiger partial charge in [0.15, 0.2) is 0 Å². The summed E-state index contributed by atoms with van der Waals surface area (Å²) in [7, 11) is 0. The molecule has 5 nitrogen and oxygen atoms in total. The van der Waals surface area contributed by atoms with Crippen LogP contribution in [0, 0.1) is 0 Å². The van der Waals surface area contributed by atoms with Crippen LogP contribution in [-0.2, 0) is 4.79 Å². The monoisotopic (exact) mass is 267 g/mol. The minimum absolute atomic E-state index is 0.384. The first-order chi connectivity index (χ1) is 9.22. The van der Waals surface area contributed by atoms with E-state index >= 15 is 0 Å². The molecule has 2 atom stereocenters. The lowest BCUT2D eigenvalue weighted by Crippen LogP contribution is -2.47. The number of carboxylic acid groups (broad SMARTS) is 1. The first kappa shape index (κ1) is 13.3. The highest BCUT2D eigenvalue weighted by atomic mass is 16.4. The van der Waals surface area contributed by atoms with E-state index in [4.69, 9.17) is 0 Å². The van der Waals surface area contributed by atoms with Crippen LogP contribution in [0.5, 0.6) is 0 Å². The number of carboxylic acids is 1. The fourth-order valence-corrected chi connectivity index (χ4v) is 3.38. The quantitative estimate of drug-likeness (QED) is 0.728. The third-order valence-corrected chi connectivity index (χ3v) is 4.66. The molecule has 1 aliphatic carbocycles. The predicted octanol–water partition coefficient (Wildman–Crippen LogP) is 0.362. The molecule has 2 aliphatic heterocycles. The van der Waals surface area contributed by atoms with Gasteiger partial charge in [0.05, 0.1) is 0 Å². The molecule has 0 amide bonds. The summed E-state index contributed by atoms with van der Waals surface area (Å²) in [6, 6.07) is 0.737. The van der Waals surface area contributed by atoms with Gasteiger partial charge in [0.1, 0.15) is 6.04 Å². The van der Waals surface area contributed by atoms with Crippen molar-refractivity contribution in [2.45, 2.75) is 50.2 Å². The zero-order chi connectivity index (χ0) is 13.2. The number of likely N-dealkylation sites (tertiary alicyclic amines) is 2. The summed E-state index contributed by atoms with van der Waals surface area (Å²) in [6.07, 6.45) is 6.14.